The second-order valence-corrected chi connectivity index (χ2v) is 7.27. The molecule has 0 saturated carbocycles. The van der Waals surface area contributed by atoms with E-state index in [0.29, 0.717) is 38.5 Å². The molecule has 7 heteroatoms. The SMILES string of the molecule is CN(C)C(=O)/C(=C/c1ccc(C2=C(Cl)C(Cl)=CCC=C2)o1)SC=S. The number of allylic oxidation sites excluding steroid dienone is 6. The van der Waals surface area contributed by atoms with Gasteiger partial charge in [-0.05, 0) is 18.6 Å². The quantitative estimate of drug-likeness (QED) is 0.487. The van der Waals surface area contributed by atoms with Crippen molar-refractivity contribution < 1.29 is 9.21 Å². The number of halogens is 2. The van der Waals surface area contributed by atoms with Gasteiger partial charge in [-0.25, -0.2) is 0 Å². The van der Waals surface area contributed by atoms with Crippen molar-refractivity contribution in [2.45, 2.75) is 6.42 Å². The molecule has 1 aromatic rings. The normalized spacial score (nSPS) is 15.2. The van der Waals surface area contributed by atoms with Crippen LogP contribution in [0.1, 0.15) is 17.9 Å². The third-order valence-electron chi connectivity index (χ3n) is 3.12. The van der Waals surface area contributed by atoms with E-state index >= 15 is 0 Å². The zero-order chi connectivity index (χ0) is 17.7. The predicted octanol–water partition coefficient (Wildman–Crippen LogP) is 5.43. The van der Waals surface area contributed by atoms with Gasteiger partial charge in [-0.15, -0.1) is 0 Å². The van der Waals surface area contributed by atoms with Gasteiger partial charge in [-0.3, -0.25) is 4.79 Å². The highest BCUT2D eigenvalue weighted by molar-refractivity contribution is 8.24. The van der Waals surface area contributed by atoms with Gasteiger partial charge in [0.2, 0.25) is 0 Å². The number of amides is 1. The Bertz CT molecular complexity index is 773. The van der Waals surface area contributed by atoms with Gasteiger partial charge < -0.3 is 9.32 Å². The number of thiocarbonyl (C=S) groups is 1. The predicted molar refractivity (Wildman–Crippen MR) is 107 cm³/mol. The van der Waals surface area contributed by atoms with Crippen LogP contribution in [0.4, 0.5) is 0 Å². The number of rotatable bonds is 5. The van der Waals surface area contributed by atoms with Gasteiger partial charge in [0.25, 0.3) is 5.91 Å². The molecule has 1 amide bonds. The zero-order valence-electron chi connectivity index (χ0n) is 13.1. The summed E-state index contributed by atoms with van der Waals surface area (Å²) in [6, 6.07) is 3.57. The van der Waals surface area contributed by atoms with Crippen molar-refractivity contribution in [2.75, 3.05) is 14.1 Å². The van der Waals surface area contributed by atoms with Crippen molar-refractivity contribution in [3.8, 4) is 0 Å². The summed E-state index contributed by atoms with van der Waals surface area (Å²) in [5, 5.41) is 0.929. The first-order valence-electron chi connectivity index (χ1n) is 7.00. The summed E-state index contributed by atoms with van der Waals surface area (Å²) in [4.78, 5) is 14.1. The van der Waals surface area contributed by atoms with Gasteiger partial charge in [0.15, 0.2) is 0 Å². The topological polar surface area (TPSA) is 33.5 Å². The number of carbonyl (C=O) groups excluding carboxylic acids is 1. The minimum Gasteiger partial charge on any atom is -0.457 e. The van der Waals surface area contributed by atoms with Crippen molar-refractivity contribution in [3.05, 3.63) is 56.9 Å². The highest BCUT2D eigenvalue weighted by Gasteiger charge is 2.16. The first-order chi connectivity index (χ1) is 11.4. The molecular formula is C17H15Cl2NO2S2. The molecule has 0 N–H and O–H groups in total. The van der Waals surface area contributed by atoms with Crippen LogP contribution in [0.2, 0.25) is 0 Å². The van der Waals surface area contributed by atoms with Crippen molar-refractivity contribution in [1.82, 2.24) is 4.90 Å². The second kappa shape index (κ2) is 8.72. The summed E-state index contributed by atoms with van der Waals surface area (Å²) >= 11 is 18.4. The van der Waals surface area contributed by atoms with Crippen LogP contribution in [-0.2, 0) is 4.79 Å². The van der Waals surface area contributed by atoms with Crippen LogP contribution in [0, 0.1) is 0 Å². The third-order valence-corrected chi connectivity index (χ3v) is 4.90. The van der Waals surface area contributed by atoms with Crippen molar-refractivity contribution in [2.24, 2.45) is 0 Å². The lowest BCUT2D eigenvalue weighted by Gasteiger charge is -2.10. The summed E-state index contributed by atoms with van der Waals surface area (Å²) in [5.41, 5.74) is 0.707. The number of carbonyl (C=O) groups is 1. The van der Waals surface area contributed by atoms with Gasteiger partial charge >= 0.3 is 0 Å². The number of likely N-dealkylation sites (N-methyl/N-ethyl adjacent to an activating group) is 1. The summed E-state index contributed by atoms with van der Waals surface area (Å²) in [5.74, 6) is 0.978. The molecule has 1 heterocycles. The fourth-order valence-corrected chi connectivity index (χ4v) is 3.27. The molecular weight excluding hydrogens is 385 g/mol. The lowest BCUT2D eigenvalue weighted by molar-refractivity contribution is -0.123. The van der Waals surface area contributed by atoms with E-state index in [4.69, 9.17) is 39.8 Å². The molecule has 24 heavy (non-hydrogen) atoms. The summed E-state index contributed by atoms with van der Waals surface area (Å²) in [7, 11) is 3.37. The average Bonchev–Trinajstić information content (AvgIpc) is 2.94. The number of furan rings is 1. The molecule has 0 saturated heterocycles. The van der Waals surface area contributed by atoms with Gasteiger partial charge in [0, 0.05) is 30.4 Å². The number of hydrogen-bond acceptors (Lipinski definition) is 4. The Kier molecular flexibility index (Phi) is 6.92. The molecule has 0 fully saturated rings. The van der Waals surface area contributed by atoms with Crippen LogP contribution < -0.4 is 0 Å². The number of thioether (sulfide) groups is 1. The van der Waals surface area contributed by atoms with E-state index < -0.39 is 0 Å². The van der Waals surface area contributed by atoms with Crippen molar-refractivity contribution in [1.29, 1.82) is 0 Å². The maximum absolute atomic E-state index is 12.1. The molecule has 126 valence electrons. The van der Waals surface area contributed by atoms with Crippen LogP contribution >= 0.6 is 47.2 Å². The molecule has 0 radical (unpaired) electrons. The maximum Gasteiger partial charge on any atom is 0.260 e. The molecule has 0 spiro atoms. The summed E-state index contributed by atoms with van der Waals surface area (Å²) < 4.78 is 7.26. The van der Waals surface area contributed by atoms with Gasteiger partial charge in [0.05, 0.1) is 15.0 Å². The van der Waals surface area contributed by atoms with Crippen molar-refractivity contribution in [3.63, 3.8) is 0 Å². The Hall–Kier alpha value is -1.27. The monoisotopic (exact) mass is 399 g/mol. The summed E-state index contributed by atoms with van der Waals surface area (Å²) in [6.45, 7) is 0. The molecule has 0 bridgehead atoms. The van der Waals surface area contributed by atoms with E-state index in [2.05, 4.69) is 0 Å². The zero-order valence-corrected chi connectivity index (χ0v) is 16.2. The molecule has 1 aliphatic carbocycles. The second-order valence-electron chi connectivity index (χ2n) is 5.04. The van der Waals surface area contributed by atoms with E-state index in [1.165, 1.54) is 21.4 Å². The molecule has 0 aromatic carbocycles. The highest BCUT2D eigenvalue weighted by Crippen LogP contribution is 2.34. The van der Waals surface area contributed by atoms with Gasteiger partial charge in [-0.1, -0.05) is 65.4 Å². The Morgan fingerprint density at radius 3 is 2.79 bits per heavy atom. The van der Waals surface area contributed by atoms with E-state index in [1.807, 2.05) is 18.2 Å². The standard InChI is InChI=1S/C17H15Cl2NO2S2/c1-20(2)17(21)15(24-10-23)9-11-7-8-14(22-11)12-5-3-4-6-13(18)16(12)19/h3,5-10H,4H2,1-2H3/b15-9-. The Morgan fingerprint density at radius 1 is 1.38 bits per heavy atom. The lowest BCUT2D eigenvalue weighted by atomic mass is 10.2. The third kappa shape index (κ3) is 4.63. The maximum atomic E-state index is 12.1. The van der Waals surface area contributed by atoms with Gasteiger partial charge in [0.1, 0.15) is 11.5 Å². The van der Waals surface area contributed by atoms with Crippen molar-refractivity contribution >= 4 is 69.4 Å². The molecule has 1 aliphatic rings. The smallest absolute Gasteiger partial charge is 0.260 e. The Balaban J connectivity index is 2.38. The minimum absolute atomic E-state index is 0.142. The van der Waals surface area contributed by atoms with Crippen LogP contribution in [0.5, 0.6) is 0 Å². The molecule has 0 atom stereocenters. The van der Waals surface area contributed by atoms with Crippen LogP contribution in [0.25, 0.3) is 11.6 Å². The first kappa shape index (κ1) is 19.1. The highest BCUT2D eigenvalue weighted by atomic mass is 35.5. The van der Waals surface area contributed by atoms with Gasteiger partial charge in [-0.2, -0.15) is 0 Å². The van der Waals surface area contributed by atoms with E-state index in [1.54, 1.807) is 32.3 Å². The number of hydrogen-bond donors (Lipinski definition) is 0. The number of nitrogens with zero attached hydrogens (tertiary/aromatic N) is 1. The molecule has 3 nitrogen and oxygen atoms in total. The molecule has 2 rings (SSSR count). The van der Waals surface area contributed by atoms with E-state index in [9.17, 15) is 4.79 Å². The largest absolute Gasteiger partial charge is 0.457 e. The minimum atomic E-state index is -0.142. The van der Waals surface area contributed by atoms with Crippen LogP contribution in [0.15, 0.2) is 49.7 Å². The van der Waals surface area contributed by atoms with E-state index in [0.717, 1.165) is 0 Å². The van der Waals surface area contributed by atoms with E-state index in [-0.39, 0.29) is 5.91 Å². The fourth-order valence-electron chi connectivity index (χ4n) is 1.96. The Labute approximate surface area is 160 Å². The van der Waals surface area contributed by atoms with Crippen LogP contribution in [0.3, 0.4) is 0 Å². The average molecular weight is 400 g/mol. The molecule has 0 unspecified atom stereocenters. The Morgan fingerprint density at radius 2 is 2.12 bits per heavy atom. The summed E-state index contributed by atoms with van der Waals surface area (Å²) in [6.07, 6.45) is 8.03. The fraction of sp³-hybridized carbons (Fsp3) is 0.176. The van der Waals surface area contributed by atoms with Crippen LogP contribution in [-0.4, -0.2) is 29.6 Å². The first-order valence-corrected chi connectivity index (χ1v) is 9.11. The molecule has 0 aliphatic heterocycles. The lowest BCUT2D eigenvalue weighted by Crippen LogP contribution is -2.22. The molecule has 1 aromatic heterocycles.